The lowest BCUT2D eigenvalue weighted by atomic mass is 10.2. The predicted octanol–water partition coefficient (Wildman–Crippen LogP) is 3.36. The summed E-state index contributed by atoms with van der Waals surface area (Å²) in [6.45, 7) is 2.58. The molecule has 0 saturated heterocycles. The van der Waals surface area contributed by atoms with E-state index >= 15 is 0 Å². The van der Waals surface area contributed by atoms with Gasteiger partial charge in [0.25, 0.3) is 0 Å². The van der Waals surface area contributed by atoms with Crippen LogP contribution in [-0.2, 0) is 11.2 Å². The lowest BCUT2D eigenvalue weighted by Gasteiger charge is -2.07. The van der Waals surface area contributed by atoms with E-state index < -0.39 is 5.97 Å². The molecule has 23 heavy (non-hydrogen) atoms. The molecule has 0 fully saturated rings. The predicted molar refractivity (Wildman–Crippen MR) is 87.7 cm³/mol. The largest absolute Gasteiger partial charge is 0.490 e. The van der Waals surface area contributed by atoms with Crippen LogP contribution in [-0.4, -0.2) is 29.4 Å². The average molecular weight is 310 g/mol. The molecule has 118 valence electrons. The molecule has 0 bridgehead atoms. The van der Waals surface area contributed by atoms with Crippen molar-refractivity contribution >= 4 is 16.9 Å². The molecule has 3 rings (SSSR count). The van der Waals surface area contributed by atoms with Gasteiger partial charge in [0.2, 0.25) is 0 Å². The minimum Gasteiger partial charge on any atom is -0.490 e. The van der Waals surface area contributed by atoms with Gasteiger partial charge in [0.15, 0.2) is 5.69 Å². The normalized spacial score (nSPS) is 10.7. The number of nitrogens with one attached hydrogen (secondary N) is 1. The number of hydrogen-bond acceptors (Lipinski definition) is 4. The van der Waals surface area contributed by atoms with Crippen molar-refractivity contribution in [2.45, 2.75) is 13.3 Å². The highest BCUT2D eigenvalue weighted by Crippen LogP contribution is 2.16. The molecule has 0 amide bonds. The van der Waals surface area contributed by atoms with Gasteiger partial charge >= 0.3 is 5.97 Å². The second-order valence-electron chi connectivity index (χ2n) is 5.10. The smallest absolute Gasteiger partial charge is 0.359 e. The number of benzene rings is 2. The standard InChI is InChI=1S/C18H18N2O3/c1-2-13-6-5-7-14(12-13)22-10-11-23-18(21)17-15-8-3-4-9-16(15)19-20-17/h3-9,12H,2,10-11H2,1H3,(H,19,20). The summed E-state index contributed by atoms with van der Waals surface area (Å²) in [4.78, 5) is 12.1. The Kier molecular flexibility index (Phi) is 4.57. The van der Waals surface area contributed by atoms with Gasteiger partial charge in [-0.3, -0.25) is 5.10 Å². The average Bonchev–Trinajstić information content (AvgIpc) is 3.03. The summed E-state index contributed by atoms with van der Waals surface area (Å²) >= 11 is 0. The number of aryl methyl sites for hydroxylation is 1. The highest BCUT2D eigenvalue weighted by Gasteiger charge is 2.14. The first-order chi connectivity index (χ1) is 11.3. The molecule has 0 aliphatic carbocycles. The fraction of sp³-hybridized carbons (Fsp3) is 0.222. The monoisotopic (exact) mass is 310 g/mol. The highest BCUT2D eigenvalue weighted by atomic mass is 16.6. The van der Waals surface area contributed by atoms with E-state index in [1.807, 2.05) is 42.5 Å². The lowest BCUT2D eigenvalue weighted by Crippen LogP contribution is -2.13. The Morgan fingerprint density at radius 1 is 1.13 bits per heavy atom. The molecule has 1 aromatic heterocycles. The van der Waals surface area contributed by atoms with E-state index in [0.717, 1.165) is 23.1 Å². The molecule has 2 aromatic carbocycles. The Morgan fingerprint density at radius 3 is 2.87 bits per heavy atom. The topological polar surface area (TPSA) is 64.2 Å². The molecule has 0 aliphatic heterocycles. The fourth-order valence-electron chi connectivity index (χ4n) is 2.34. The highest BCUT2D eigenvalue weighted by molar-refractivity contribution is 6.01. The van der Waals surface area contributed by atoms with Crippen molar-refractivity contribution < 1.29 is 14.3 Å². The van der Waals surface area contributed by atoms with Crippen molar-refractivity contribution in [3.05, 3.63) is 59.8 Å². The minimum atomic E-state index is -0.451. The van der Waals surface area contributed by atoms with Gasteiger partial charge in [-0.15, -0.1) is 0 Å². The van der Waals surface area contributed by atoms with Crippen molar-refractivity contribution in [1.29, 1.82) is 0 Å². The first kappa shape index (κ1) is 15.1. The zero-order valence-electron chi connectivity index (χ0n) is 12.9. The minimum absolute atomic E-state index is 0.177. The Bertz CT molecular complexity index is 811. The van der Waals surface area contributed by atoms with Crippen LogP contribution in [0.25, 0.3) is 10.9 Å². The van der Waals surface area contributed by atoms with Crippen LogP contribution in [0.5, 0.6) is 5.75 Å². The summed E-state index contributed by atoms with van der Waals surface area (Å²) in [5.74, 6) is 0.332. The van der Waals surface area contributed by atoms with E-state index in [0.29, 0.717) is 12.3 Å². The number of aromatic amines is 1. The molecule has 0 aliphatic rings. The number of hydrogen-bond donors (Lipinski definition) is 1. The van der Waals surface area contributed by atoms with Crippen LogP contribution in [0.2, 0.25) is 0 Å². The fourth-order valence-corrected chi connectivity index (χ4v) is 2.34. The van der Waals surface area contributed by atoms with Crippen LogP contribution in [0, 0.1) is 0 Å². The second kappa shape index (κ2) is 6.96. The van der Waals surface area contributed by atoms with Crippen LogP contribution in [0.15, 0.2) is 48.5 Å². The molecule has 5 heteroatoms. The Balaban J connectivity index is 1.53. The van der Waals surface area contributed by atoms with Gasteiger partial charge in [-0.25, -0.2) is 4.79 Å². The van der Waals surface area contributed by atoms with Crippen LogP contribution >= 0.6 is 0 Å². The van der Waals surface area contributed by atoms with Crippen LogP contribution in [0.1, 0.15) is 23.0 Å². The zero-order valence-corrected chi connectivity index (χ0v) is 12.9. The number of nitrogens with zero attached hydrogens (tertiary/aromatic N) is 1. The number of fused-ring (bicyclic) bond motifs is 1. The first-order valence-corrected chi connectivity index (χ1v) is 7.60. The maximum absolute atomic E-state index is 12.1. The van der Waals surface area contributed by atoms with Gasteiger partial charge in [-0.05, 0) is 30.2 Å². The number of H-pyrrole nitrogens is 1. The second-order valence-corrected chi connectivity index (χ2v) is 5.10. The summed E-state index contributed by atoms with van der Waals surface area (Å²) < 4.78 is 10.8. The number of esters is 1. The Morgan fingerprint density at radius 2 is 2.00 bits per heavy atom. The molecular formula is C18H18N2O3. The number of carbonyl (C=O) groups is 1. The third-order valence-corrected chi connectivity index (χ3v) is 3.56. The molecule has 0 saturated carbocycles. The molecule has 1 heterocycles. The summed E-state index contributed by atoms with van der Waals surface area (Å²) in [7, 11) is 0. The molecular weight excluding hydrogens is 292 g/mol. The summed E-state index contributed by atoms with van der Waals surface area (Å²) in [5.41, 5.74) is 2.32. The van der Waals surface area contributed by atoms with Crippen LogP contribution in [0.4, 0.5) is 0 Å². The Hall–Kier alpha value is -2.82. The zero-order chi connectivity index (χ0) is 16.1. The number of rotatable bonds is 6. The number of carbonyl (C=O) groups excluding carboxylic acids is 1. The third-order valence-electron chi connectivity index (χ3n) is 3.56. The molecule has 3 aromatic rings. The molecule has 0 spiro atoms. The van der Waals surface area contributed by atoms with Gasteiger partial charge in [0, 0.05) is 5.39 Å². The summed E-state index contributed by atoms with van der Waals surface area (Å²) in [5, 5.41) is 7.59. The maximum atomic E-state index is 12.1. The molecule has 0 atom stereocenters. The number of para-hydroxylation sites is 1. The molecule has 0 radical (unpaired) electrons. The molecule has 1 N–H and O–H groups in total. The third kappa shape index (κ3) is 3.51. The molecule has 0 unspecified atom stereocenters. The van der Waals surface area contributed by atoms with E-state index in [4.69, 9.17) is 9.47 Å². The van der Waals surface area contributed by atoms with Crippen LogP contribution in [0.3, 0.4) is 0 Å². The van der Waals surface area contributed by atoms with Crippen molar-refractivity contribution in [2.24, 2.45) is 0 Å². The van der Waals surface area contributed by atoms with Crippen LogP contribution < -0.4 is 4.74 Å². The van der Waals surface area contributed by atoms with E-state index in [9.17, 15) is 4.79 Å². The van der Waals surface area contributed by atoms with E-state index in [1.54, 1.807) is 0 Å². The van der Waals surface area contributed by atoms with Gasteiger partial charge < -0.3 is 9.47 Å². The van der Waals surface area contributed by atoms with Gasteiger partial charge in [-0.1, -0.05) is 37.3 Å². The van der Waals surface area contributed by atoms with E-state index in [2.05, 4.69) is 23.2 Å². The Labute approximate surface area is 134 Å². The van der Waals surface area contributed by atoms with E-state index in [1.165, 1.54) is 5.56 Å². The van der Waals surface area contributed by atoms with Gasteiger partial charge in [0.1, 0.15) is 19.0 Å². The molecule has 5 nitrogen and oxygen atoms in total. The van der Waals surface area contributed by atoms with Crippen molar-refractivity contribution in [3.63, 3.8) is 0 Å². The van der Waals surface area contributed by atoms with E-state index in [-0.39, 0.29) is 6.61 Å². The van der Waals surface area contributed by atoms with Crippen molar-refractivity contribution in [2.75, 3.05) is 13.2 Å². The lowest BCUT2D eigenvalue weighted by molar-refractivity contribution is 0.0446. The van der Waals surface area contributed by atoms with Crippen molar-refractivity contribution in [1.82, 2.24) is 10.2 Å². The quantitative estimate of drug-likeness (QED) is 0.560. The number of aromatic nitrogens is 2. The summed E-state index contributed by atoms with van der Waals surface area (Å²) in [6, 6.07) is 15.3. The van der Waals surface area contributed by atoms with Gasteiger partial charge in [0.05, 0.1) is 5.52 Å². The SMILES string of the molecule is CCc1cccc(OCCOC(=O)c2n[nH]c3ccccc23)c1. The summed E-state index contributed by atoms with van der Waals surface area (Å²) in [6.07, 6.45) is 0.957. The maximum Gasteiger partial charge on any atom is 0.359 e. The van der Waals surface area contributed by atoms with Crippen molar-refractivity contribution in [3.8, 4) is 5.75 Å². The van der Waals surface area contributed by atoms with Gasteiger partial charge in [-0.2, -0.15) is 5.10 Å². The first-order valence-electron chi connectivity index (χ1n) is 7.60. The number of ether oxygens (including phenoxy) is 2.